The third-order valence-corrected chi connectivity index (χ3v) is 9.78. The van der Waals surface area contributed by atoms with Crippen molar-refractivity contribution in [2.45, 2.75) is 31.3 Å². The van der Waals surface area contributed by atoms with Crippen LogP contribution in [0.4, 0.5) is 20.3 Å². The highest BCUT2D eigenvalue weighted by atomic mass is 32.2. The molecule has 2 N–H and O–H groups in total. The number of ether oxygens (including phenoxy) is 4. The Labute approximate surface area is 245 Å². The monoisotopic (exact) mass is 620 g/mol. The van der Waals surface area contributed by atoms with Crippen LogP contribution >= 0.6 is 0 Å². The fraction of sp³-hybridized carbons (Fsp3) is 0.444. The number of aromatic nitrogens is 3. The van der Waals surface area contributed by atoms with Crippen molar-refractivity contribution in [2.24, 2.45) is 0 Å². The van der Waals surface area contributed by atoms with Crippen molar-refractivity contribution in [1.82, 2.24) is 24.2 Å². The van der Waals surface area contributed by atoms with Gasteiger partial charge in [0.05, 0.1) is 39.9 Å². The SMILES string of the molecule is COC1COC2C(Oc3cc(F)ccc3Nc3ncnn4cc(C(=O)NS5(=O)=CCN(C(=O)CF)CC5)c(C)c34)COC12. The van der Waals surface area contributed by atoms with E-state index in [2.05, 4.69) is 20.1 Å². The van der Waals surface area contributed by atoms with Gasteiger partial charge in [-0.1, -0.05) is 0 Å². The first kappa shape index (κ1) is 29.2. The summed E-state index contributed by atoms with van der Waals surface area (Å²) in [6.07, 6.45) is 1.41. The molecule has 2 fully saturated rings. The number of aryl methyl sites for hydroxylation is 1. The Hall–Kier alpha value is -3.86. The number of carbonyl (C=O) groups is 2. The summed E-state index contributed by atoms with van der Waals surface area (Å²) in [6, 6.07) is 4.04. The van der Waals surface area contributed by atoms with Gasteiger partial charge in [0.2, 0.25) is 0 Å². The van der Waals surface area contributed by atoms with E-state index in [4.69, 9.17) is 18.9 Å². The number of fused-ring (bicyclic) bond motifs is 2. The highest BCUT2D eigenvalue weighted by Crippen LogP contribution is 2.36. The van der Waals surface area contributed by atoms with Crippen LogP contribution < -0.4 is 14.8 Å². The molecule has 230 valence electrons. The second-order valence-corrected chi connectivity index (χ2v) is 12.8. The number of alkyl halides is 1. The molecule has 3 aliphatic heterocycles. The van der Waals surface area contributed by atoms with Gasteiger partial charge in [-0.25, -0.2) is 22.5 Å². The lowest BCUT2D eigenvalue weighted by atomic mass is 10.1. The van der Waals surface area contributed by atoms with Crippen molar-refractivity contribution in [3.63, 3.8) is 0 Å². The number of benzene rings is 1. The lowest BCUT2D eigenvalue weighted by Gasteiger charge is -2.26. The Kier molecular flexibility index (Phi) is 7.93. The molecule has 2 amide bonds. The fourth-order valence-electron chi connectivity index (χ4n) is 5.45. The molecule has 0 bridgehead atoms. The molecule has 2 aromatic heterocycles. The zero-order chi connectivity index (χ0) is 30.3. The second kappa shape index (κ2) is 11.7. The van der Waals surface area contributed by atoms with Crippen LogP contribution in [0, 0.1) is 12.7 Å². The molecule has 1 aromatic carbocycles. The predicted octanol–water partition coefficient (Wildman–Crippen LogP) is 1.02. The minimum atomic E-state index is -2.94. The molecule has 0 saturated carbocycles. The van der Waals surface area contributed by atoms with Gasteiger partial charge in [-0.05, 0) is 24.6 Å². The Bertz CT molecular complexity index is 1690. The summed E-state index contributed by atoms with van der Waals surface area (Å²) >= 11 is 0. The van der Waals surface area contributed by atoms with E-state index in [9.17, 15) is 22.6 Å². The van der Waals surface area contributed by atoms with E-state index in [0.717, 1.165) is 0 Å². The first-order chi connectivity index (χ1) is 20.7. The molecule has 5 unspecified atom stereocenters. The summed E-state index contributed by atoms with van der Waals surface area (Å²) in [7, 11) is -1.35. The Balaban J connectivity index is 1.24. The Morgan fingerprint density at radius 1 is 1.21 bits per heavy atom. The van der Waals surface area contributed by atoms with Crippen molar-refractivity contribution < 1.29 is 41.5 Å². The number of rotatable bonds is 8. The van der Waals surface area contributed by atoms with Crippen LogP contribution in [0.5, 0.6) is 5.75 Å². The smallest absolute Gasteiger partial charge is 0.264 e. The molecule has 2 saturated heterocycles. The van der Waals surface area contributed by atoms with Gasteiger partial charge in [0.25, 0.3) is 11.8 Å². The highest BCUT2D eigenvalue weighted by Gasteiger charge is 2.49. The number of anilines is 2. The molecule has 43 heavy (non-hydrogen) atoms. The highest BCUT2D eigenvalue weighted by molar-refractivity contribution is 8.00. The van der Waals surface area contributed by atoms with Crippen LogP contribution in [0.25, 0.3) is 5.52 Å². The van der Waals surface area contributed by atoms with Crippen LogP contribution in [-0.4, -0.2) is 111 Å². The van der Waals surface area contributed by atoms with Crippen molar-refractivity contribution in [2.75, 3.05) is 51.2 Å². The van der Waals surface area contributed by atoms with Crippen molar-refractivity contribution in [3.8, 4) is 5.75 Å². The summed E-state index contributed by atoms with van der Waals surface area (Å²) < 4.78 is 67.6. The molecule has 3 aliphatic rings. The van der Waals surface area contributed by atoms with E-state index in [-0.39, 0.29) is 55.1 Å². The summed E-state index contributed by atoms with van der Waals surface area (Å²) in [6.45, 7) is 1.19. The maximum atomic E-state index is 14.3. The number of methoxy groups -OCH3 is 1. The average molecular weight is 621 g/mol. The van der Waals surface area contributed by atoms with E-state index >= 15 is 0 Å². The summed E-state index contributed by atoms with van der Waals surface area (Å²) in [5, 5.41) is 8.71. The van der Waals surface area contributed by atoms with Gasteiger partial charge in [-0.15, -0.1) is 0 Å². The number of nitrogens with zero attached hydrogens (tertiary/aromatic N) is 4. The van der Waals surface area contributed by atoms with Gasteiger partial charge in [0, 0.05) is 37.8 Å². The lowest BCUT2D eigenvalue weighted by molar-refractivity contribution is -0.131. The fourth-order valence-corrected chi connectivity index (χ4v) is 7.14. The molecule has 5 atom stereocenters. The molecule has 16 heteroatoms. The molecular formula is C27H30F2N6O7S. The largest absolute Gasteiger partial charge is 0.483 e. The van der Waals surface area contributed by atoms with Gasteiger partial charge in [-0.2, -0.15) is 5.10 Å². The van der Waals surface area contributed by atoms with Crippen molar-refractivity contribution in [1.29, 1.82) is 0 Å². The van der Waals surface area contributed by atoms with Crippen LogP contribution in [0.1, 0.15) is 15.9 Å². The summed E-state index contributed by atoms with van der Waals surface area (Å²) in [4.78, 5) is 30.4. The zero-order valence-corrected chi connectivity index (χ0v) is 24.1. The van der Waals surface area contributed by atoms with E-state index in [1.807, 2.05) is 0 Å². The number of hydrogen-bond acceptors (Lipinski definition) is 10. The molecule has 0 radical (unpaired) electrons. The molecule has 3 aromatic rings. The quantitative estimate of drug-likeness (QED) is 0.350. The molecule has 0 aliphatic carbocycles. The number of hydrogen-bond donors (Lipinski definition) is 2. The van der Waals surface area contributed by atoms with Crippen LogP contribution in [-0.2, 0) is 28.7 Å². The Morgan fingerprint density at radius 3 is 2.70 bits per heavy atom. The van der Waals surface area contributed by atoms with E-state index in [1.165, 1.54) is 45.5 Å². The molecule has 6 rings (SSSR count). The van der Waals surface area contributed by atoms with E-state index in [1.54, 1.807) is 14.0 Å². The number of carbonyl (C=O) groups excluding carboxylic acids is 2. The van der Waals surface area contributed by atoms with Gasteiger partial charge in [-0.3, -0.25) is 14.3 Å². The minimum absolute atomic E-state index is 0.0261. The maximum absolute atomic E-state index is 14.3. The zero-order valence-electron chi connectivity index (χ0n) is 23.3. The van der Waals surface area contributed by atoms with Gasteiger partial charge in [0.1, 0.15) is 41.7 Å². The van der Waals surface area contributed by atoms with Gasteiger partial charge >= 0.3 is 0 Å². The second-order valence-electron chi connectivity index (χ2n) is 10.4. The third-order valence-electron chi connectivity index (χ3n) is 7.77. The topological polar surface area (TPSA) is 146 Å². The number of nitrogens with one attached hydrogen (secondary N) is 2. The van der Waals surface area contributed by atoms with E-state index in [0.29, 0.717) is 29.2 Å². The van der Waals surface area contributed by atoms with Crippen LogP contribution in [0.2, 0.25) is 0 Å². The maximum Gasteiger partial charge on any atom is 0.264 e. The average Bonchev–Trinajstić information content (AvgIpc) is 3.69. The standard InChI is InChI=1S/C27H30F2N6O7S/c1-15-17(27(37)33-43(38)7-5-34(6-8-43)22(36)10-28)11-35-23(15)26(30-14-31-35)32-18-4-3-16(29)9-19(18)42-21-13-41-24-20(39-2)12-40-25(21)24/h3-4,7,9,11,14,20-21,24-25H,5-6,8,10,12-13H2,1-2H3,(H,30,31,32)(H,33,37,38). The molecule has 0 spiro atoms. The first-order valence-electron chi connectivity index (χ1n) is 13.5. The third kappa shape index (κ3) is 5.62. The van der Waals surface area contributed by atoms with E-state index < -0.39 is 40.1 Å². The lowest BCUT2D eigenvalue weighted by Crippen LogP contribution is -2.47. The van der Waals surface area contributed by atoms with Gasteiger partial charge in [0.15, 0.2) is 18.6 Å². The molecule has 5 heterocycles. The van der Waals surface area contributed by atoms with Crippen LogP contribution in [0.3, 0.4) is 0 Å². The predicted molar refractivity (Wildman–Crippen MR) is 151 cm³/mol. The number of amides is 2. The van der Waals surface area contributed by atoms with Crippen LogP contribution in [0.15, 0.2) is 30.7 Å². The van der Waals surface area contributed by atoms with Crippen molar-refractivity contribution >= 4 is 43.9 Å². The van der Waals surface area contributed by atoms with Gasteiger partial charge < -0.3 is 29.2 Å². The normalized spacial score (nSPS) is 26.7. The molecule has 13 nitrogen and oxygen atoms in total. The molecular weight excluding hydrogens is 590 g/mol. The number of halogens is 2. The Morgan fingerprint density at radius 2 is 1.98 bits per heavy atom. The first-order valence-corrected chi connectivity index (χ1v) is 15.3. The summed E-state index contributed by atoms with van der Waals surface area (Å²) in [5.74, 6) is -1.31. The summed E-state index contributed by atoms with van der Waals surface area (Å²) in [5.41, 5.74) is 1.56. The minimum Gasteiger partial charge on any atom is -0.483 e. The van der Waals surface area contributed by atoms with Crippen molar-refractivity contribution in [3.05, 3.63) is 47.7 Å².